The molecule has 0 aliphatic rings. The van der Waals surface area contributed by atoms with Crippen molar-refractivity contribution in [3.8, 4) is 12.8 Å². The molecule has 0 aromatic rings. The quantitative estimate of drug-likeness (QED) is 0.0335. The van der Waals surface area contributed by atoms with Crippen molar-refractivity contribution in [1.82, 2.24) is 4.90 Å². The van der Waals surface area contributed by atoms with Gasteiger partial charge in [0.15, 0.2) is 0 Å². The lowest BCUT2D eigenvalue weighted by atomic mass is 9.84. The molecule has 0 aromatic carbocycles. The minimum absolute atomic E-state index is 0.706. The molecule has 0 radical (unpaired) electrons. The van der Waals surface area contributed by atoms with Crippen LogP contribution in [0.5, 0.6) is 0 Å². The Labute approximate surface area is 392 Å². The van der Waals surface area contributed by atoms with Crippen LogP contribution in [0.15, 0.2) is 25.8 Å². The maximum absolute atomic E-state index is 4.00. The zero-order chi connectivity index (χ0) is 46.7. The number of allylic oxidation sites excluding steroid dienone is 1. The third-order valence-electron chi connectivity index (χ3n) is 12.9. The van der Waals surface area contributed by atoms with E-state index in [0.717, 1.165) is 11.8 Å². The van der Waals surface area contributed by atoms with Gasteiger partial charge in [0, 0.05) is 0 Å². The van der Waals surface area contributed by atoms with Crippen LogP contribution in [-0.2, 0) is 0 Å². The highest BCUT2D eigenvalue weighted by Crippen LogP contribution is 2.27. The summed E-state index contributed by atoms with van der Waals surface area (Å²) in [4.78, 5) is 2.58. The number of hydrogen-bond acceptors (Lipinski definition) is 1. The van der Waals surface area contributed by atoms with Crippen LogP contribution in [0, 0.1) is 30.6 Å². The first-order chi connectivity index (χ1) is 30.0. The van der Waals surface area contributed by atoms with E-state index in [1.807, 2.05) is 13.8 Å². The summed E-state index contributed by atoms with van der Waals surface area (Å²) < 4.78 is 0. The first-order valence-electron chi connectivity index (χ1n) is 28.1. The molecule has 0 rings (SSSR count). The number of hydrogen-bond donors (Lipinski definition) is 0. The van der Waals surface area contributed by atoms with Crippen LogP contribution in [0.4, 0.5) is 0 Å². The molecule has 0 heterocycles. The van der Waals surface area contributed by atoms with Crippen molar-refractivity contribution in [2.24, 2.45) is 17.8 Å². The molecule has 3 atom stereocenters. The van der Waals surface area contributed by atoms with Gasteiger partial charge in [-0.15, -0.1) is 32.6 Å². The summed E-state index contributed by atoms with van der Waals surface area (Å²) in [5.41, 5.74) is 0. The van der Waals surface area contributed by atoms with Gasteiger partial charge in [-0.05, 0) is 63.6 Å². The van der Waals surface area contributed by atoms with Crippen LogP contribution in [0.25, 0.3) is 0 Å². The standard InChI is InChI=1S/C35H73N.C19H38.C2H6.C2H4.C2H2/c1-5-8-11-14-16-19-23-28-33-36(4)34-29-24-20-17-18-22-27-32-35(30-25-13-10-7-3)31-26-21-15-12-9-6-2;1-5-8-10-12-13-15-17-19(18(4)7-3)16-14-11-9-6-2;3*1-2/h35H,5-34H2,1-4H3;7,18-19H,3,5-6,8-17H2,1-2,4H3;1-2H3;1-2H2;1-2H. The second kappa shape index (κ2) is 68.1. The molecular formula is C60H123N. The molecular weight excluding hydrogens is 735 g/mol. The summed E-state index contributed by atoms with van der Waals surface area (Å²) in [7, 11) is 2.34. The summed E-state index contributed by atoms with van der Waals surface area (Å²) in [6.07, 6.45) is 67.9. The van der Waals surface area contributed by atoms with Gasteiger partial charge in [-0.25, -0.2) is 0 Å². The van der Waals surface area contributed by atoms with E-state index in [-0.39, 0.29) is 0 Å². The van der Waals surface area contributed by atoms with Crippen LogP contribution in [0.1, 0.15) is 312 Å². The highest BCUT2D eigenvalue weighted by atomic mass is 15.1. The molecule has 61 heavy (non-hydrogen) atoms. The van der Waals surface area contributed by atoms with Gasteiger partial charge >= 0.3 is 0 Å². The fraction of sp³-hybridized carbons (Fsp3) is 0.900. The Hall–Kier alpha value is -1.00. The number of nitrogens with zero attached hydrogens (tertiary/aromatic N) is 1. The molecule has 0 aromatic heterocycles. The molecule has 0 saturated heterocycles. The Morgan fingerprint density at radius 2 is 0.590 bits per heavy atom. The lowest BCUT2D eigenvalue weighted by molar-refractivity contribution is 0.314. The lowest BCUT2D eigenvalue weighted by Crippen LogP contribution is -2.20. The summed E-state index contributed by atoms with van der Waals surface area (Å²) in [5, 5.41) is 0. The van der Waals surface area contributed by atoms with E-state index in [9.17, 15) is 0 Å². The molecule has 0 spiro atoms. The van der Waals surface area contributed by atoms with E-state index in [4.69, 9.17) is 0 Å². The predicted octanol–water partition coefficient (Wildman–Crippen LogP) is 21.7. The minimum atomic E-state index is 0.706. The van der Waals surface area contributed by atoms with Crippen molar-refractivity contribution < 1.29 is 0 Å². The summed E-state index contributed by atoms with van der Waals surface area (Å²) in [5.74, 6) is 2.63. The number of terminal acetylenes is 1. The normalized spacial score (nSPS) is 12.1. The van der Waals surface area contributed by atoms with Crippen LogP contribution in [0.2, 0.25) is 0 Å². The molecule has 3 unspecified atom stereocenters. The van der Waals surface area contributed by atoms with E-state index in [1.165, 1.54) is 270 Å². The van der Waals surface area contributed by atoms with Gasteiger partial charge in [0.05, 0.1) is 0 Å². The molecule has 368 valence electrons. The van der Waals surface area contributed by atoms with Gasteiger partial charge in [0.25, 0.3) is 0 Å². The van der Waals surface area contributed by atoms with E-state index in [2.05, 4.69) is 92.1 Å². The van der Waals surface area contributed by atoms with Gasteiger partial charge in [-0.2, -0.15) is 0 Å². The molecule has 1 heteroatoms. The second-order valence-electron chi connectivity index (χ2n) is 18.6. The second-order valence-corrected chi connectivity index (χ2v) is 18.6. The van der Waals surface area contributed by atoms with Crippen molar-refractivity contribution >= 4 is 0 Å². The van der Waals surface area contributed by atoms with Gasteiger partial charge in [-0.1, -0.05) is 293 Å². The lowest BCUT2D eigenvalue weighted by Gasteiger charge is -2.21. The highest BCUT2D eigenvalue weighted by Gasteiger charge is 2.14. The maximum Gasteiger partial charge on any atom is -0.00218 e. The first kappa shape index (κ1) is 69.0. The molecule has 0 N–H and O–H groups in total. The largest absolute Gasteiger partial charge is 0.306 e. The monoisotopic (exact) mass is 858 g/mol. The molecule has 0 aliphatic carbocycles. The summed E-state index contributed by atoms with van der Waals surface area (Å²) in [6, 6.07) is 0. The van der Waals surface area contributed by atoms with Gasteiger partial charge in [0.1, 0.15) is 0 Å². The topological polar surface area (TPSA) is 3.24 Å². The molecule has 1 nitrogen and oxygen atoms in total. The van der Waals surface area contributed by atoms with Gasteiger partial charge < -0.3 is 4.90 Å². The van der Waals surface area contributed by atoms with Crippen LogP contribution < -0.4 is 0 Å². The third kappa shape index (κ3) is 63.4. The molecule has 0 aliphatic heterocycles. The first-order valence-corrected chi connectivity index (χ1v) is 28.1. The Morgan fingerprint density at radius 3 is 0.852 bits per heavy atom. The smallest absolute Gasteiger partial charge is 0.00218 e. The number of rotatable bonds is 45. The minimum Gasteiger partial charge on any atom is -0.306 e. The Kier molecular flexibility index (Phi) is 77.0. The van der Waals surface area contributed by atoms with E-state index < -0.39 is 0 Å². The average Bonchev–Trinajstić information content (AvgIpc) is 3.30. The van der Waals surface area contributed by atoms with Gasteiger partial charge in [-0.3, -0.25) is 0 Å². The summed E-state index contributed by atoms with van der Waals surface area (Å²) >= 11 is 0. The predicted molar refractivity (Wildman–Crippen MR) is 289 cm³/mol. The van der Waals surface area contributed by atoms with Crippen molar-refractivity contribution in [3.63, 3.8) is 0 Å². The zero-order valence-electron chi connectivity index (χ0n) is 44.7. The Bertz CT molecular complexity index is 724. The zero-order valence-corrected chi connectivity index (χ0v) is 44.7. The fourth-order valence-corrected chi connectivity index (χ4v) is 8.71. The SMILES string of the molecule is C#C.C=C.C=CC(C)C(CCCCCC)CCCCCCCC.CC.CCCCCCCCCCN(C)CCCCCCCCCC(CCCCCC)CCCCCCCC. The molecule has 0 amide bonds. The highest BCUT2D eigenvalue weighted by molar-refractivity contribution is 4.81. The number of unbranched alkanes of at least 4 members (excludes halogenated alkanes) is 29. The Balaban J connectivity index is -0.000000351. The van der Waals surface area contributed by atoms with Crippen molar-refractivity contribution in [3.05, 3.63) is 25.8 Å². The van der Waals surface area contributed by atoms with Crippen molar-refractivity contribution in [2.45, 2.75) is 312 Å². The average molecular weight is 859 g/mol. The fourth-order valence-electron chi connectivity index (χ4n) is 8.71. The molecule has 0 saturated carbocycles. The van der Waals surface area contributed by atoms with E-state index in [0.29, 0.717) is 5.92 Å². The van der Waals surface area contributed by atoms with Crippen molar-refractivity contribution in [2.75, 3.05) is 20.1 Å². The molecule has 0 fully saturated rings. The maximum atomic E-state index is 4.00. The summed E-state index contributed by atoms with van der Waals surface area (Å²) in [6.45, 7) is 30.5. The Morgan fingerprint density at radius 1 is 0.377 bits per heavy atom. The molecule has 0 bridgehead atoms. The van der Waals surface area contributed by atoms with Crippen LogP contribution in [0.3, 0.4) is 0 Å². The van der Waals surface area contributed by atoms with Crippen LogP contribution >= 0.6 is 0 Å². The third-order valence-corrected chi connectivity index (χ3v) is 12.9. The van der Waals surface area contributed by atoms with Crippen molar-refractivity contribution in [1.29, 1.82) is 0 Å². The van der Waals surface area contributed by atoms with E-state index in [1.54, 1.807) is 0 Å². The van der Waals surface area contributed by atoms with E-state index >= 15 is 0 Å². The van der Waals surface area contributed by atoms with Crippen LogP contribution in [-0.4, -0.2) is 25.0 Å². The van der Waals surface area contributed by atoms with Gasteiger partial charge in [0.2, 0.25) is 0 Å².